The molecule has 0 atom stereocenters. The molecule has 0 aliphatic rings. The summed E-state index contributed by atoms with van der Waals surface area (Å²) in [5.41, 5.74) is 2.13. The van der Waals surface area contributed by atoms with Gasteiger partial charge in [0, 0.05) is 37.7 Å². The number of carbonyl (C=O) groups excluding carboxylic acids is 1. The Balaban J connectivity index is 1.84. The zero-order chi connectivity index (χ0) is 16.5. The molecule has 0 fully saturated rings. The fourth-order valence-electron chi connectivity index (χ4n) is 2.23. The van der Waals surface area contributed by atoms with E-state index in [0.717, 1.165) is 17.1 Å². The second kappa shape index (κ2) is 9.07. The van der Waals surface area contributed by atoms with Crippen molar-refractivity contribution in [3.05, 3.63) is 42.2 Å². The molecule has 1 heterocycles. The number of nitrogens with zero attached hydrogens (tertiary/aromatic N) is 2. The van der Waals surface area contributed by atoms with Crippen LogP contribution < -0.4 is 5.32 Å². The molecule has 6 nitrogen and oxygen atoms in total. The second-order valence-electron chi connectivity index (χ2n) is 5.14. The Bertz CT molecular complexity index is 611. The van der Waals surface area contributed by atoms with Crippen LogP contribution in [-0.4, -0.2) is 48.9 Å². The van der Waals surface area contributed by atoms with E-state index in [9.17, 15) is 4.79 Å². The van der Waals surface area contributed by atoms with Gasteiger partial charge in [-0.05, 0) is 6.92 Å². The molecule has 0 spiro atoms. The molecule has 6 heteroatoms. The van der Waals surface area contributed by atoms with Crippen molar-refractivity contribution in [2.24, 2.45) is 0 Å². The highest BCUT2D eigenvalue weighted by Gasteiger charge is 2.09. The van der Waals surface area contributed by atoms with Crippen molar-refractivity contribution in [2.75, 3.05) is 33.5 Å². The first-order chi connectivity index (χ1) is 11.2. The monoisotopic (exact) mass is 317 g/mol. The average Bonchev–Trinajstić information content (AvgIpc) is 2.93. The van der Waals surface area contributed by atoms with Gasteiger partial charge in [0.1, 0.15) is 12.4 Å². The van der Waals surface area contributed by atoms with Gasteiger partial charge in [0.15, 0.2) is 0 Å². The first kappa shape index (κ1) is 17.2. The minimum atomic E-state index is -0.125. The van der Waals surface area contributed by atoms with E-state index in [1.807, 2.05) is 43.5 Å². The number of aryl methyl sites for hydroxylation is 1. The van der Waals surface area contributed by atoms with Crippen molar-refractivity contribution in [2.45, 2.75) is 13.5 Å². The lowest BCUT2D eigenvalue weighted by molar-refractivity contribution is -0.126. The number of amides is 1. The molecule has 124 valence electrons. The Morgan fingerprint density at radius 1 is 1.26 bits per heavy atom. The molecule has 1 aromatic heterocycles. The molecule has 0 saturated carbocycles. The first-order valence-corrected chi connectivity index (χ1v) is 7.63. The SMILES string of the molecule is COCCOCC(=O)NCCn1c(C)cnc1-c1ccccc1. The van der Waals surface area contributed by atoms with Gasteiger partial charge in [-0.3, -0.25) is 4.79 Å². The molecular formula is C17H23N3O3. The largest absolute Gasteiger partial charge is 0.382 e. The Morgan fingerprint density at radius 2 is 2.04 bits per heavy atom. The number of benzene rings is 1. The Kier molecular flexibility index (Phi) is 6.77. The third kappa shape index (κ3) is 5.19. The molecule has 0 aliphatic carbocycles. The Morgan fingerprint density at radius 3 is 2.78 bits per heavy atom. The molecule has 23 heavy (non-hydrogen) atoms. The van der Waals surface area contributed by atoms with Gasteiger partial charge in [-0.2, -0.15) is 0 Å². The molecule has 1 amide bonds. The molecule has 0 unspecified atom stereocenters. The summed E-state index contributed by atoms with van der Waals surface area (Å²) in [7, 11) is 1.60. The predicted octanol–water partition coefficient (Wildman–Crippen LogP) is 1.64. The molecular weight excluding hydrogens is 294 g/mol. The van der Waals surface area contributed by atoms with Gasteiger partial charge in [0.2, 0.25) is 5.91 Å². The highest BCUT2D eigenvalue weighted by molar-refractivity contribution is 5.77. The summed E-state index contributed by atoms with van der Waals surface area (Å²) in [5.74, 6) is 0.786. The van der Waals surface area contributed by atoms with E-state index in [0.29, 0.717) is 26.3 Å². The number of hydrogen-bond donors (Lipinski definition) is 1. The maximum atomic E-state index is 11.7. The van der Waals surface area contributed by atoms with Crippen LogP contribution in [0, 0.1) is 6.92 Å². The van der Waals surface area contributed by atoms with Crippen molar-refractivity contribution in [3.63, 3.8) is 0 Å². The van der Waals surface area contributed by atoms with Crippen LogP contribution in [0.5, 0.6) is 0 Å². The number of imidazole rings is 1. The molecule has 1 aromatic carbocycles. The van der Waals surface area contributed by atoms with E-state index in [1.54, 1.807) is 7.11 Å². The van der Waals surface area contributed by atoms with Crippen LogP contribution >= 0.6 is 0 Å². The van der Waals surface area contributed by atoms with Gasteiger partial charge < -0.3 is 19.4 Å². The maximum Gasteiger partial charge on any atom is 0.246 e. The lowest BCUT2D eigenvalue weighted by atomic mass is 10.2. The second-order valence-corrected chi connectivity index (χ2v) is 5.14. The first-order valence-electron chi connectivity index (χ1n) is 7.63. The van der Waals surface area contributed by atoms with Crippen LogP contribution in [-0.2, 0) is 20.8 Å². The van der Waals surface area contributed by atoms with Crippen LogP contribution in [0.15, 0.2) is 36.5 Å². The molecule has 0 saturated heterocycles. The van der Waals surface area contributed by atoms with Crippen LogP contribution in [0.4, 0.5) is 0 Å². The normalized spacial score (nSPS) is 10.7. The van der Waals surface area contributed by atoms with Gasteiger partial charge in [-0.25, -0.2) is 4.98 Å². The minimum absolute atomic E-state index is 0.0534. The van der Waals surface area contributed by atoms with Crippen molar-refractivity contribution < 1.29 is 14.3 Å². The van der Waals surface area contributed by atoms with Gasteiger partial charge in [0.05, 0.1) is 13.2 Å². The number of nitrogens with one attached hydrogen (secondary N) is 1. The molecule has 0 bridgehead atoms. The molecule has 1 N–H and O–H groups in total. The van der Waals surface area contributed by atoms with E-state index in [4.69, 9.17) is 9.47 Å². The lowest BCUT2D eigenvalue weighted by Crippen LogP contribution is -2.31. The van der Waals surface area contributed by atoms with Crippen LogP contribution in [0.25, 0.3) is 11.4 Å². The number of carbonyl (C=O) groups is 1. The average molecular weight is 317 g/mol. The summed E-state index contributed by atoms with van der Waals surface area (Å²) in [6.45, 7) is 4.17. The standard InChI is InChI=1S/C17H23N3O3/c1-14-12-19-17(15-6-4-3-5-7-15)20(14)9-8-18-16(21)13-23-11-10-22-2/h3-7,12H,8-11,13H2,1-2H3,(H,18,21). The van der Waals surface area contributed by atoms with Crippen LogP contribution in [0.3, 0.4) is 0 Å². The lowest BCUT2D eigenvalue weighted by Gasteiger charge is -2.11. The molecule has 0 radical (unpaired) electrons. The zero-order valence-electron chi connectivity index (χ0n) is 13.6. The number of ether oxygens (including phenoxy) is 2. The van der Waals surface area contributed by atoms with Crippen molar-refractivity contribution in [1.29, 1.82) is 0 Å². The fourth-order valence-corrected chi connectivity index (χ4v) is 2.23. The van der Waals surface area contributed by atoms with Crippen LogP contribution in [0.2, 0.25) is 0 Å². The predicted molar refractivity (Wildman–Crippen MR) is 88.1 cm³/mol. The summed E-state index contributed by atoms with van der Waals surface area (Å²) in [5, 5.41) is 2.85. The zero-order valence-corrected chi connectivity index (χ0v) is 13.6. The summed E-state index contributed by atoms with van der Waals surface area (Å²) in [6, 6.07) is 10.0. The van der Waals surface area contributed by atoms with E-state index >= 15 is 0 Å². The number of aromatic nitrogens is 2. The minimum Gasteiger partial charge on any atom is -0.382 e. The Labute approximate surface area is 136 Å². The highest BCUT2D eigenvalue weighted by atomic mass is 16.5. The molecule has 0 aliphatic heterocycles. The third-order valence-electron chi connectivity index (χ3n) is 3.41. The molecule has 2 aromatic rings. The van der Waals surface area contributed by atoms with E-state index in [1.165, 1.54) is 0 Å². The van der Waals surface area contributed by atoms with Gasteiger partial charge in [-0.1, -0.05) is 30.3 Å². The van der Waals surface area contributed by atoms with Gasteiger partial charge in [0.25, 0.3) is 0 Å². The summed E-state index contributed by atoms with van der Waals surface area (Å²) in [6.07, 6.45) is 1.85. The summed E-state index contributed by atoms with van der Waals surface area (Å²) < 4.78 is 12.1. The quantitative estimate of drug-likeness (QED) is 0.714. The van der Waals surface area contributed by atoms with Crippen molar-refractivity contribution in [3.8, 4) is 11.4 Å². The number of hydrogen-bond acceptors (Lipinski definition) is 4. The van der Waals surface area contributed by atoms with Crippen molar-refractivity contribution in [1.82, 2.24) is 14.9 Å². The van der Waals surface area contributed by atoms with E-state index in [-0.39, 0.29) is 12.5 Å². The van der Waals surface area contributed by atoms with Gasteiger partial charge >= 0.3 is 0 Å². The summed E-state index contributed by atoms with van der Waals surface area (Å²) in [4.78, 5) is 16.1. The summed E-state index contributed by atoms with van der Waals surface area (Å²) >= 11 is 0. The van der Waals surface area contributed by atoms with Crippen LogP contribution in [0.1, 0.15) is 5.69 Å². The third-order valence-corrected chi connectivity index (χ3v) is 3.41. The maximum absolute atomic E-state index is 11.7. The van der Waals surface area contributed by atoms with Gasteiger partial charge in [-0.15, -0.1) is 0 Å². The van der Waals surface area contributed by atoms with Crippen molar-refractivity contribution >= 4 is 5.91 Å². The van der Waals surface area contributed by atoms with E-state index in [2.05, 4.69) is 14.9 Å². The highest BCUT2D eigenvalue weighted by Crippen LogP contribution is 2.18. The number of rotatable bonds is 9. The topological polar surface area (TPSA) is 65.4 Å². The Hall–Kier alpha value is -2.18. The van der Waals surface area contributed by atoms with E-state index < -0.39 is 0 Å². The number of methoxy groups -OCH3 is 1. The fraction of sp³-hybridized carbons (Fsp3) is 0.412. The smallest absolute Gasteiger partial charge is 0.246 e. The molecule has 2 rings (SSSR count).